The number of nitrogens with zero attached hydrogens (tertiary/aromatic N) is 1. The van der Waals surface area contributed by atoms with Crippen LogP contribution in [0.2, 0.25) is 5.02 Å². The lowest BCUT2D eigenvalue weighted by atomic mass is 10.3. The molecule has 0 aliphatic rings. The van der Waals surface area contributed by atoms with Crippen LogP contribution < -0.4 is 10.1 Å². The molecule has 2 aromatic carbocycles. The van der Waals surface area contributed by atoms with Crippen LogP contribution in [0.15, 0.2) is 48.5 Å². The van der Waals surface area contributed by atoms with E-state index in [1.165, 1.54) is 4.90 Å². The maximum absolute atomic E-state index is 11.7. The van der Waals surface area contributed by atoms with Crippen molar-refractivity contribution < 1.29 is 9.53 Å². The molecule has 20 heavy (non-hydrogen) atoms. The van der Waals surface area contributed by atoms with Gasteiger partial charge in [-0.2, -0.15) is 0 Å². The second kappa shape index (κ2) is 6.30. The van der Waals surface area contributed by atoms with E-state index in [0.717, 1.165) is 0 Å². The third kappa shape index (κ3) is 3.65. The van der Waals surface area contributed by atoms with E-state index in [1.54, 1.807) is 50.5 Å². The number of halogens is 1. The number of nitrogens with one attached hydrogen (secondary N) is 1. The highest BCUT2D eigenvalue weighted by Gasteiger charge is 2.09. The summed E-state index contributed by atoms with van der Waals surface area (Å²) in [7, 11) is 3.36. The molecule has 4 nitrogen and oxygen atoms in total. The number of rotatable bonds is 3. The smallest absolute Gasteiger partial charge is 0.321 e. The Bertz CT molecular complexity index is 597. The Kier molecular flexibility index (Phi) is 4.48. The summed E-state index contributed by atoms with van der Waals surface area (Å²) in [5.74, 6) is 1.23. The molecule has 0 bridgehead atoms. The molecule has 0 aliphatic heterocycles. The van der Waals surface area contributed by atoms with Crippen molar-refractivity contribution in [2.75, 3.05) is 19.4 Å². The van der Waals surface area contributed by atoms with E-state index in [9.17, 15) is 4.79 Å². The van der Waals surface area contributed by atoms with Crippen molar-refractivity contribution in [3.05, 3.63) is 53.6 Å². The zero-order chi connectivity index (χ0) is 14.5. The molecule has 0 radical (unpaired) electrons. The number of hydrogen-bond donors (Lipinski definition) is 1. The number of amides is 2. The number of anilines is 1. The van der Waals surface area contributed by atoms with Crippen molar-refractivity contribution >= 4 is 23.3 Å². The minimum absolute atomic E-state index is 0.211. The molecule has 0 heterocycles. The molecule has 0 saturated heterocycles. The van der Waals surface area contributed by atoms with Gasteiger partial charge in [0.2, 0.25) is 0 Å². The van der Waals surface area contributed by atoms with Crippen LogP contribution in [-0.2, 0) is 0 Å². The van der Waals surface area contributed by atoms with Gasteiger partial charge in [-0.1, -0.05) is 23.7 Å². The standard InChI is InChI=1S/C15H15ClN2O2/c1-18(2)15(19)17-13-5-3-4-6-14(13)20-12-9-7-11(16)8-10-12/h3-10H,1-2H3,(H,17,19). The molecule has 1 N–H and O–H groups in total. The third-order valence-corrected chi connectivity index (χ3v) is 2.83. The summed E-state index contributed by atoms with van der Waals surface area (Å²) < 4.78 is 5.75. The Morgan fingerprint density at radius 2 is 1.75 bits per heavy atom. The van der Waals surface area contributed by atoms with E-state index in [0.29, 0.717) is 22.2 Å². The summed E-state index contributed by atoms with van der Waals surface area (Å²) in [4.78, 5) is 13.2. The maximum atomic E-state index is 11.7. The monoisotopic (exact) mass is 290 g/mol. The van der Waals surface area contributed by atoms with Crippen molar-refractivity contribution in [3.8, 4) is 11.5 Å². The second-order valence-electron chi connectivity index (χ2n) is 4.38. The Morgan fingerprint density at radius 3 is 2.40 bits per heavy atom. The van der Waals surface area contributed by atoms with Crippen molar-refractivity contribution in [1.29, 1.82) is 0 Å². The summed E-state index contributed by atoms with van der Waals surface area (Å²) in [6.45, 7) is 0. The van der Waals surface area contributed by atoms with Crippen LogP contribution in [0.4, 0.5) is 10.5 Å². The van der Waals surface area contributed by atoms with Crippen LogP contribution in [0.5, 0.6) is 11.5 Å². The highest BCUT2D eigenvalue weighted by Crippen LogP contribution is 2.29. The lowest BCUT2D eigenvalue weighted by molar-refractivity contribution is 0.230. The summed E-state index contributed by atoms with van der Waals surface area (Å²) in [6.07, 6.45) is 0. The number of carbonyl (C=O) groups excluding carboxylic acids is 1. The summed E-state index contributed by atoms with van der Waals surface area (Å²) in [5, 5.41) is 3.42. The lowest BCUT2D eigenvalue weighted by Gasteiger charge is -2.15. The third-order valence-electron chi connectivity index (χ3n) is 2.58. The Labute approximate surface area is 122 Å². The van der Waals surface area contributed by atoms with Crippen LogP contribution in [0.1, 0.15) is 0 Å². The van der Waals surface area contributed by atoms with Gasteiger partial charge in [0.1, 0.15) is 5.75 Å². The average molecular weight is 291 g/mol. The van der Waals surface area contributed by atoms with Crippen LogP contribution in [0.25, 0.3) is 0 Å². The van der Waals surface area contributed by atoms with Crippen LogP contribution in [0.3, 0.4) is 0 Å². The molecular weight excluding hydrogens is 276 g/mol. The fourth-order valence-electron chi connectivity index (χ4n) is 1.52. The van der Waals surface area contributed by atoms with Gasteiger partial charge in [0.05, 0.1) is 5.69 Å². The molecule has 5 heteroatoms. The van der Waals surface area contributed by atoms with Gasteiger partial charge in [0.25, 0.3) is 0 Å². The van der Waals surface area contributed by atoms with Gasteiger partial charge >= 0.3 is 6.03 Å². The number of urea groups is 1. The topological polar surface area (TPSA) is 41.6 Å². The number of carbonyl (C=O) groups is 1. The van der Waals surface area contributed by atoms with Gasteiger partial charge in [0, 0.05) is 19.1 Å². The zero-order valence-corrected chi connectivity index (χ0v) is 12.0. The van der Waals surface area contributed by atoms with Gasteiger partial charge < -0.3 is 15.0 Å². The van der Waals surface area contributed by atoms with Gasteiger partial charge in [-0.15, -0.1) is 0 Å². The lowest BCUT2D eigenvalue weighted by Crippen LogP contribution is -2.27. The van der Waals surface area contributed by atoms with E-state index in [1.807, 2.05) is 12.1 Å². The fourth-order valence-corrected chi connectivity index (χ4v) is 1.64. The van der Waals surface area contributed by atoms with Crippen LogP contribution in [0, 0.1) is 0 Å². The van der Waals surface area contributed by atoms with E-state index >= 15 is 0 Å². The molecular formula is C15H15ClN2O2. The maximum Gasteiger partial charge on any atom is 0.321 e. The quantitative estimate of drug-likeness (QED) is 0.919. The summed E-state index contributed by atoms with van der Waals surface area (Å²) >= 11 is 5.83. The molecule has 2 amide bonds. The Hall–Kier alpha value is -2.20. The Balaban J connectivity index is 2.19. The highest BCUT2D eigenvalue weighted by atomic mass is 35.5. The highest BCUT2D eigenvalue weighted by molar-refractivity contribution is 6.30. The summed E-state index contributed by atoms with van der Waals surface area (Å²) in [6, 6.07) is 14.1. The average Bonchev–Trinajstić information content (AvgIpc) is 2.43. The number of benzene rings is 2. The van der Waals surface area contributed by atoms with E-state index < -0.39 is 0 Å². The minimum atomic E-state index is -0.211. The normalized spacial score (nSPS) is 9.95. The second-order valence-corrected chi connectivity index (χ2v) is 4.81. The Morgan fingerprint density at radius 1 is 1.10 bits per heavy atom. The van der Waals surface area contributed by atoms with Crippen molar-refractivity contribution in [2.45, 2.75) is 0 Å². The van der Waals surface area contributed by atoms with Gasteiger partial charge in [-0.05, 0) is 36.4 Å². The number of ether oxygens (including phenoxy) is 1. The first-order valence-electron chi connectivity index (χ1n) is 6.07. The summed E-state index contributed by atoms with van der Waals surface area (Å²) in [5.41, 5.74) is 0.612. The fraction of sp³-hybridized carbons (Fsp3) is 0.133. The van der Waals surface area contributed by atoms with E-state index in [2.05, 4.69) is 5.32 Å². The molecule has 0 spiro atoms. The largest absolute Gasteiger partial charge is 0.455 e. The van der Waals surface area contributed by atoms with E-state index in [-0.39, 0.29) is 6.03 Å². The minimum Gasteiger partial charge on any atom is -0.455 e. The predicted octanol–water partition coefficient (Wildman–Crippen LogP) is 4.23. The van der Waals surface area contributed by atoms with Crippen molar-refractivity contribution in [3.63, 3.8) is 0 Å². The van der Waals surface area contributed by atoms with Gasteiger partial charge in [0.15, 0.2) is 5.75 Å². The van der Waals surface area contributed by atoms with Crippen molar-refractivity contribution in [1.82, 2.24) is 4.90 Å². The predicted molar refractivity (Wildman–Crippen MR) is 80.7 cm³/mol. The molecule has 0 aliphatic carbocycles. The van der Waals surface area contributed by atoms with Gasteiger partial charge in [-0.3, -0.25) is 0 Å². The molecule has 0 atom stereocenters. The first-order chi connectivity index (χ1) is 9.56. The first-order valence-corrected chi connectivity index (χ1v) is 6.45. The number of hydrogen-bond acceptors (Lipinski definition) is 2. The molecule has 2 rings (SSSR count). The van der Waals surface area contributed by atoms with E-state index in [4.69, 9.17) is 16.3 Å². The molecule has 2 aromatic rings. The van der Waals surface area contributed by atoms with Crippen LogP contribution in [-0.4, -0.2) is 25.0 Å². The first kappa shape index (κ1) is 14.2. The number of para-hydroxylation sites is 2. The molecule has 0 fully saturated rings. The molecule has 0 unspecified atom stereocenters. The molecule has 0 saturated carbocycles. The van der Waals surface area contributed by atoms with Crippen molar-refractivity contribution in [2.24, 2.45) is 0 Å². The zero-order valence-electron chi connectivity index (χ0n) is 11.3. The molecule has 0 aromatic heterocycles. The SMILES string of the molecule is CN(C)C(=O)Nc1ccccc1Oc1ccc(Cl)cc1. The van der Waals surface area contributed by atoms with Crippen LogP contribution >= 0.6 is 11.6 Å². The van der Waals surface area contributed by atoms with Gasteiger partial charge in [-0.25, -0.2) is 4.79 Å². The molecule has 104 valence electrons.